The van der Waals surface area contributed by atoms with Crippen molar-refractivity contribution in [3.8, 4) is 0 Å². The molecule has 0 aromatic carbocycles. The second-order valence-electron chi connectivity index (χ2n) is 7.65. The molecule has 0 saturated heterocycles. The number of nitrogens with one attached hydrogen (secondary N) is 5. The SMILES string of the molecule is CSCCC(N)C(=O)NC(Cc1cnc[nH]1)C(=O)NC(CO)C(=O)NC(Cc1cnc[nH]1)C(=O)O. The molecule has 0 aliphatic rings. The average molecular weight is 511 g/mol. The lowest BCUT2D eigenvalue weighted by Crippen LogP contribution is -2.58. The molecule has 4 atom stereocenters. The van der Waals surface area contributed by atoms with Crippen LogP contribution in [0.3, 0.4) is 0 Å². The van der Waals surface area contributed by atoms with Crippen molar-refractivity contribution in [2.45, 2.75) is 43.4 Å². The highest BCUT2D eigenvalue weighted by Gasteiger charge is 2.30. The van der Waals surface area contributed by atoms with E-state index in [1.165, 1.54) is 36.8 Å². The van der Waals surface area contributed by atoms with Crippen LogP contribution in [-0.2, 0) is 32.0 Å². The van der Waals surface area contributed by atoms with E-state index in [0.717, 1.165) is 0 Å². The molecule has 0 bridgehead atoms. The van der Waals surface area contributed by atoms with E-state index in [1.807, 2.05) is 6.26 Å². The number of carbonyl (C=O) groups excluding carboxylic acids is 3. The largest absolute Gasteiger partial charge is 0.480 e. The molecule has 2 aromatic heterocycles. The summed E-state index contributed by atoms with van der Waals surface area (Å²) in [6.45, 7) is -0.800. The van der Waals surface area contributed by atoms with Crippen LogP contribution in [0.4, 0.5) is 0 Å². The van der Waals surface area contributed by atoms with Gasteiger partial charge in [0.2, 0.25) is 17.7 Å². The van der Waals surface area contributed by atoms with Gasteiger partial charge in [0.1, 0.15) is 18.1 Å². The first-order valence-corrected chi connectivity index (χ1v) is 12.1. The van der Waals surface area contributed by atoms with Gasteiger partial charge in [-0.05, 0) is 18.4 Å². The quantitative estimate of drug-likeness (QED) is 0.126. The number of aromatic amines is 2. The zero-order valence-electron chi connectivity index (χ0n) is 19.1. The number of carbonyl (C=O) groups is 4. The van der Waals surface area contributed by atoms with Crippen LogP contribution in [0.1, 0.15) is 17.8 Å². The first kappa shape index (κ1) is 27.8. The Morgan fingerprint density at radius 2 is 1.46 bits per heavy atom. The third kappa shape index (κ3) is 9.03. The number of thioether (sulfide) groups is 1. The van der Waals surface area contributed by atoms with Crippen molar-refractivity contribution < 1.29 is 29.4 Å². The standard InChI is InChI=1S/C20H30N8O6S/c1-35-3-2-13(21)17(30)26-14(4-11-6-22-9-24-11)18(31)28-16(8-29)19(32)27-15(20(33)34)5-12-7-23-10-25-12/h6-7,9-10,13-16,29H,2-5,8,21H2,1H3,(H,22,24)(H,23,25)(H,26,30)(H,27,32)(H,28,31)(H,33,34). The number of carboxylic acids is 1. The van der Waals surface area contributed by atoms with Crippen LogP contribution in [0.25, 0.3) is 0 Å². The Kier molecular flexibility index (Phi) is 11.2. The van der Waals surface area contributed by atoms with Crippen LogP contribution in [0.15, 0.2) is 25.0 Å². The monoisotopic (exact) mass is 510 g/mol. The number of H-pyrrole nitrogens is 2. The van der Waals surface area contributed by atoms with E-state index < -0.39 is 54.5 Å². The van der Waals surface area contributed by atoms with Crippen LogP contribution in [0, 0.1) is 0 Å². The van der Waals surface area contributed by atoms with Gasteiger partial charge in [-0.2, -0.15) is 11.8 Å². The Morgan fingerprint density at radius 3 is 1.94 bits per heavy atom. The normalized spacial score (nSPS) is 14.4. The number of aliphatic hydroxyl groups excluding tert-OH is 1. The van der Waals surface area contributed by atoms with E-state index in [2.05, 4.69) is 35.9 Å². The van der Waals surface area contributed by atoms with Gasteiger partial charge in [0, 0.05) is 36.6 Å². The van der Waals surface area contributed by atoms with Gasteiger partial charge < -0.3 is 41.9 Å². The Bertz CT molecular complexity index is 955. The number of rotatable bonds is 15. The zero-order chi connectivity index (χ0) is 25.8. The fourth-order valence-corrected chi connectivity index (χ4v) is 3.52. The summed E-state index contributed by atoms with van der Waals surface area (Å²) in [5.41, 5.74) is 6.91. The lowest BCUT2D eigenvalue weighted by atomic mass is 10.1. The van der Waals surface area contributed by atoms with Gasteiger partial charge in [0.05, 0.1) is 25.3 Å². The second-order valence-corrected chi connectivity index (χ2v) is 8.64. The molecule has 0 fully saturated rings. The highest BCUT2D eigenvalue weighted by molar-refractivity contribution is 7.98. The topological polar surface area (TPSA) is 228 Å². The molecule has 0 spiro atoms. The number of nitrogens with zero attached hydrogens (tertiary/aromatic N) is 2. The van der Waals surface area contributed by atoms with Crippen molar-refractivity contribution in [2.24, 2.45) is 5.73 Å². The van der Waals surface area contributed by atoms with E-state index in [1.54, 1.807) is 0 Å². The number of nitrogens with two attached hydrogens (primary N) is 1. The lowest BCUT2D eigenvalue weighted by molar-refractivity contribution is -0.142. The molecule has 35 heavy (non-hydrogen) atoms. The summed E-state index contributed by atoms with van der Waals surface area (Å²) in [6, 6.07) is -4.76. The van der Waals surface area contributed by atoms with Gasteiger partial charge in [-0.15, -0.1) is 0 Å². The fraction of sp³-hybridized carbons (Fsp3) is 0.500. The minimum absolute atomic E-state index is 0.0180. The van der Waals surface area contributed by atoms with Gasteiger partial charge in [-0.1, -0.05) is 0 Å². The Hall–Kier alpha value is -3.43. The summed E-state index contributed by atoms with van der Waals surface area (Å²) in [5, 5.41) is 26.3. The van der Waals surface area contributed by atoms with E-state index >= 15 is 0 Å². The van der Waals surface area contributed by atoms with Crippen molar-refractivity contribution >= 4 is 35.5 Å². The number of aromatic nitrogens is 4. The predicted octanol–water partition coefficient (Wildman–Crippen LogP) is -2.47. The van der Waals surface area contributed by atoms with Crippen LogP contribution in [0.5, 0.6) is 0 Å². The number of aliphatic hydroxyl groups is 1. The molecule has 0 saturated carbocycles. The Morgan fingerprint density at radius 1 is 0.943 bits per heavy atom. The number of imidazole rings is 2. The second kappa shape index (κ2) is 14.1. The molecule has 0 aliphatic heterocycles. The minimum Gasteiger partial charge on any atom is -0.480 e. The number of amides is 3. The third-order valence-corrected chi connectivity index (χ3v) is 5.63. The molecule has 3 amide bonds. The van der Waals surface area contributed by atoms with Gasteiger partial charge in [-0.3, -0.25) is 14.4 Å². The lowest BCUT2D eigenvalue weighted by Gasteiger charge is -2.24. The van der Waals surface area contributed by atoms with E-state index in [0.29, 0.717) is 23.6 Å². The van der Waals surface area contributed by atoms with Gasteiger partial charge in [0.15, 0.2) is 0 Å². The van der Waals surface area contributed by atoms with Crippen LogP contribution < -0.4 is 21.7 Å². The van der Waals surface area contributed by atoms with Crippen LogP contribution >= 0.6 is 11.8 Å². The molecule has 2 aromatic rings. The summed E-state index contributed by atoms with van der Waals surface area (Å²) in [6.07, 6.45) is 7.88. The molecular formula is C20H30N8O6S. The number of carboxylic acid groups (broad SMARTS) is 1. The number of hydrogen-bond acceptors (Lipinski definition) is 9. The highest BCUT2D eigenvalue weighted by atomic mass is 32.2. The number of aliphatic carboxylic acids is 1. The maximum Gasteiger partial charge on any atom is 0.326 e. The minimum atomic E-state index is -1.46. The van der Waals surface area contributed by atoms with Gasteiger partial charge in [0.25, 0.3) is 0 Å². The fourth-order valence-electron chi connectivity index (χ4n) is 3.04. The van der Waals surface area contributed by atoms with Crippen LogP contribution in [0.2, 0.25) is 0 Å². The Labute approximate surface area is 205 Å². The summed E-state index contributed by atoms with van der Waals surface area (Å²) in [7, 11) is 0. The van der Waals surface area contributed by atoms with Crippen LogP contribution in [-0.4, -0.2) is 96.6 Å². The Balaban J connectivity index is 2.07. The average Bonchev–Trinajstić information content (AvgIpc) is 3.54. The molecular weight excluding hydrogens is 480 g/mol. The molecule has 2 rings (SSSR count). The molecule has 0 aliphatic carbocycles. The maximum absolute atomic E-state index is 13.0. The molecule has 2 heterocycles. The van der Waals surface area contributed by atoms with E-state index in [4.69, 9.17) is 5.73 Å². The molecule has 15 heteroatoms. The third-order valence-electron chi connectivity index (χ3n) is 4.99. The molecule has 4 unspecified atom stereocenters. The summed E-state index contributed by atoms with van der Waals surface area (Å²) < 4.78 is 0. The number of hydrogen-bond donors (Lipinski definition) is 8. The highest BCUT2D eigenvalue weighted by Crippen LogP contribution is 2.04. The summed E-state index contributed by atoms with van der Waals surface area (Å²) in [4.78, 5) is 62.9. The van der Waals surface area contributed by atoms with Crippen molar-refractivity contribution in [3.05, 3.63) is 36.4 Å². The maximum atomic E-state index is 13.0. The smallest absolute Gasteiger partial charge is 0.326 e. The van der Waals surface area contributed by atoms with Crippen molar-refractivity contribution in [2.75, 3.05) is 18.6 Å². The first-order chi connectivity index (χ1) is 16.7. The summed E-state index contributed by atoms with van der Waals surface area (Å²) in [5.74, 6) is -2.87. The molecule has 192 valence electrons. The zero-order valence-corrected chi connectivity index (χ0v) is 19.9. The van der Waals surface area contributed by atoms with E-state index in [9.17, 15) is 29.4 Å². The predicted molar refractivity (Wildman–Crippen MR) is 126 cm³/mol. The van der Waals surface area contributed by atoms with Gasteiger partial charge >= 0.3 is 5.97 Å². The van der Waals surface area contributed by atoms with E-state index in [-0.39, 0.29) is 12.8 Å². The van der Waals surface area contributed by atoms with Crippen molar-refractivity contribution in [1.29, 1.82) is 0 Å². The molecule has 9 N–H and O–H groups in total. The molecule has 14 nitrogen and oxygen atoms in total. The first-order valence-electron chi connectivity index (χ1n) is 10.7. The van der Waals surface area contributed by atoms with Crippen molar-refractivity contribution in [3.63, 3.8) is 0 Å². The summed E-state index contributed by atoms with van der Waals surface area (Å²) >= 11 is 1.53. The van der Waals surface area contributed by atoms with Gasteiger partial charge in [-0.25, -0.2) is 14.8 Å². The molecule has 0 radical (unpaired) electrons. The van der Waals surface area contributed by atoms with Crippen molar-refractivity contribution in [1.82, 2.24) is 35.9 Å².